The average Bonchev–Trinajstić information content (AvgIpc) is 2.49. The molecule has 1 fully saturated rings. The Morgan fingerprint density at radius 3 is 2.48 bits per heavy atom. The van der Waals surface area contributed by atoms with Gasteiger partial charge in [0.25, 0.3) is 0 Å². The lowest BCUT2D eigenvalue weighted by Gasteiger charge is -2.35. The predicted molar refractivity (Wildman–Crippen MR) is 84.1 cm³/mol. The number of sulfonamides is 1. The summed E-state index contributed by atoms with van der Waals surface area (Å²) in [6.45, 7) is 0.335. The normalized spacial score (nSPS) is 18.5. The molecule has 1 aromatic carbocycles. The smallest absolute Gasteiger partial charge is 0.215 e. The first-order chi connectivity index (χ1) is 9.96. The van der Waals surface area contributed by atoms with Crippen molar-refractivity contribution in [2.45, 2.75) is 37.9 Å². The third-order valence-corrected chi connectivity index (χ3v) is 5.59. The second-order valence-electron chi connectivity index (χ2n) is 6.00. The van der Waals surface area contributed by atoms with Crippen LogP contribution in [0.4, 0.5) is 5.69 Å². The second-order valence-corrected chi connectivity index (χ2v) is 7.80. The van der Waals surface area contributed by atoms with Gasteiger partial charge in [0.2, 0.25) is 10.0 Å². The molecule has 0 saturated heterocycles. The number of nitrogens with two attached hydrogens (primary N) is 1. The van der Waals surface area contributed by atoms with Crippen molar-refractivity contribution in [2.75, 3.05) is 18.9 Å². The number of aliphatic hydroxyl groups is 1. The van der Waals surface area contributed by atoms with Crippen LogP contribution >= 0.6 is 0 Å². The molecular formula is C15H24N2O3S. The number of nitrogen functional groups attached to an aromatic ring is 1. The fraction of sp³-hybridized carbons (Fsp3) is 0.600. The van der Waals surface area contributed by atoms with E-state index in [0.29, 0.717) is 17.8 Å². The van der Waals surface area contributed by atoms with E-state index in [0.717, 1.165) is 32.1 Å². The lowest BCUT2D eigenvalue weighted by Crippen LogP contribution is -2.41. The molecule has 1 aliphatic rings. The minimum atomic E-state index is -3.45. The van der Waals surface area contributed by atoms with E-state index >= 15 is 0 Å². The molecule has 5 nitrogen and oxygen atoms in total. The summed E-state index contributed by atoms with van der Waals surface area (Å²) in [5.74, 6) is -0.124. The van der Waals surface area contributed by atoms with Gasteiger partial charge < -0.3 is 10.8 Å². The summed E-state index contributed by atoms with van der Waals surface area (Å²) in [5, 5.41) is 9.62. The Morgan fingerprint density at radius 2 is 1.86 bits per heavy atom. The molecule has 0 unspecified atom stereocenters. The third kappa shape index (κ3) is 4.43. The van der Waals surface area contributed by atoms with E-state index in [1.54, 1.807) is 24.3 Å². The first kappa shape index (κ1) is 16.3. The first-order valence-electron chi connectivity index (χ1n) is 7.38. The minimum absolute atomic E-state index is 0.0307. The van der Waals surface area contributed by atoms with Crippen LogP contribution < -0.4 is 10.5 Å². The Hall–Kier alpha value is -1.11. The standard InChI is InChI=1S/C15H24N2O3S/c16-14-7-3-2-6-13(14)10-21(19,20)17-11-15(12-18)8-4-1-5-9-15/h2-3,6-7,17-18H,1,4-5,8-12,16H2. The van der Waals surface area contributed by atoms with Gasteiger partial charge in [0.15, 0.2) is 0 Å². The van der Waals surface area contributed by atoms with Crippen molar-refractivity contribution in [3.63, 3.8) is 0 Å². The lowest BCUT2D eigenvalue weighted by atomic mass is 9.75. The van der Waals surface area contributed by atoms with E-state index in [2.05, 4.69) is 4.72 Å². The molecule has 1 aromatic rings. The Kier molecular flexibility index (Phi) is 5.24. The zero-order valence-electron chi connectivity index (χ0n) is 12.2. The first-order valence-corrected chi connectivity index (χ1v) is 9.03. The number of hydrogen-bond donors (Lipinski definition) is 3. The zero-order valence-corrected chi connectivity index (χ0v) is 13.0. The fourth-order valence-electron chi connectivity index (χ4n) is 2.88. The molecule has 0 amide bonds. The van der Waals surface area contributed by atoms with Gasteiger partial charge in [0, 0.05) is 24.3 Å². The molecule has 0 aliphatic heterocycles. The SMILES string of the molecule is Nc1ccccc1CS(=O)(=O)NCC1(CO)CCCCC1. The molecule has 118 valence electrons. The molecule has 0 radical (unpaired) electrons. The largest absolute Gasteiger partial charge is 0.398 e. The maximum Gasteiger partial charge on any atom is 0.215 e. The Balaban J connectivity index is 1.99. The van der Waals surface area contributed by atoms with E-state index in [1.807, 2.05) is 0 Å². The number of rotatable bonds is 6. The van der Waals surface area contributed by atoms with Crippen molar-refractivity contribution in [2.24, 2.45) is 5.41 Å². The number of hydrogen-bond acceptors (Lipinski definition) is 4. The van der Waals surface area contributed by atoms with Crippen LogP contribution in [0.2, 0.25) is 0 Å². The summed E-state index contributed by atoms with van der Waals surface area (Å²) < 4.78 is 27.1. The van der Waals surface area contributed by atoms with Gasteiger partial charge in [0.1, 0.15) is 0 Å². The summed E-state index contributed by atoms with van der Waals surface area (Å²) in [5.41, 5.74) is 6.58. The molecule has 6 heteroatoms. The highest BCUT2D eigenvalue weighted by atomic mass is 32.2. The van der Waals surface area contributed by atoms with Crippen LogP contribution in [0.15, 0.2) is 24.3 Å². The summed E-state index contributed by atoms with van der Waals surface area (Å²) in [6, 6.07) is 6.97. The maximum atomic E-state index is 12.2. The van der Waals surface area contributed by atoms with Gasteiger partial charge in [0.05, 0.1) is 5.75 Å². The second kappa shape index (κ2) is 6.77. The van der Waals surface area contributed by atoms with Crippen molar-refractivity contribution < 1.29 is 13.5 Å². The monoisotopic (exact) mass is 312 g/mol. The zero-order chi connectivity index (χ0) is 15.3. The summed E-state index contributed by atoms with van der Waals surface area (Å²) >= 11 is 0. The molecule has 4 N–H and O–H groups in total. The van der Waals surface area contributed by atoms with Crippen LogP contribution in [-0.4, -0.2) is 26.7 Å². The van der Waals surface area contributed by atoms with Crippen LogP contribution in [0, 0.1) is 5.41 Å². The van der Waals surface area contributed by atoms with Crippen molar-refractivity contribution >= 4 is 15.7 Å². The minimum Gasteiger partial charge on any atom is -0.398 e. The number of anilines is 1. The molecular weight excluding hydrogens is 288 g/mol. The van der Waals surface area contributed by atoms with Gasteiger partial charge in [-0.2, -0.15) is 0 Å². The molecule has 1 aliphatic carbocycles. The number of para-hydroxylation sites is 1. The van der Waals surface area contributed by atoms with Gasteiger partial charge in [-0.1, -0.05) is 37.5 Å². The summed E-state index contributed by atoms with van der Waals surface area (Å²) in [4.78, 5) is 0. The lowest BCUT2D eigenvalue weighted by molar-refractivity contribution is 0.0867. The highest BCUT2D eigenvalue weighted by Gasteiger charge is 2.32. The van der Waals surface area contributed by atoms with E-state index < -0.39 is 10.0 Å². The average molecular weight is 312 g/mol. The van der Waals surface area contributed by atoms with Crippen LogP contribution in [0.5, 0.6) is 0 Å². The Morgan fingerprint density at radius 1 is 1.19 bits per heavy atom. The highest BCUT2D eigenvalue weighted by molar-refractivity contribution is 7.88. The van der Waals surface area contributed by atoms with Gasteiger partial charge in [-0.05, 0) is 24.5 Å². The molecule has 0 heterocycles. The topological polar surface area (TPSA) is 92.4 Å². The fourth-order valence-corrected chi connectivity index (χ4v) is 4.18. The Bertz CT molecular complexity index is 566. The quantitative estimate of drug-likeness (QED) is 0.696. The van der Waals surface area contributed by atoms with E-state index in [4.69, 9.17) is 5.73 Å². The van der Waals surface area contributed by atoms with Crippen molar-refractivity contribution in [3.8, 4) is 0 Å². The van der Waals surface area contributed by atoms with Gasteiger partial charge >= 0.3 is 0 Å². The predicted octanol–water partition coefficient (Wildman–Crippen LogP) is 1.63. The highest BCUT2D eigenvalue weighted by Crippen LogP contribution is 2.35. The van der Waals surface area contributed by atoms with E-state index in [9.17, 15) is 13.5 Å². The van der Waals surface area contributed by atoms with Crippen LogP contribution in [0.3, 0.4) is 0 Å². The third-order valence-electron chi connectivity index (χ3n) is 4.32. The van der Waals surface area contributed by atoms with E-state index in [1.165, 1.54) is 0 Å². The molecule has 0 spiro atoms. The molecule has 2 rings (SSSR count). The van der Waals surface area contributed by atoms with Crippen LogP contribution in [0.25, 0.3) is 0 Å². The van der Waals surface area contributed by atoms with Gasteiger partial charge in [-0.15, -0.1) is 0 Å². The van der Waals surface area contributed by atoms with Crippen molar-refractivity contribution in [1.82, 2.24) is 4.72 Å². The molecule has 0 bridgehead atoms. The summed E-state index contributed by atoms with van der Waals surface area (Å²) in [6.07, 6.45) is 5.01. The molecule has 0 aromatic heterocycles. The van der Waals surface area contributed by atoms with Gasteiger partial charge in [-0.3, -0.25) is 0 Å². The van der Waals surface area contributed by atoms with E-state index in [-0.39, 0.29) is 17.8 Å². The number of nitrogens with one attached hydrogen (secondary N) is 1. The van der Waals surface area contributed by atoms with Crippen LogP contribution in [0.1, 0.15) is 37.7 Å². The van der Waals surface area contributed by atoms with Crippen molar-refractivity contribution in [3.05, 3.63) is 29.8 Å². The molecule has 1 saturated carbocycles. The Labute approximate surface area is 126 Å². The number of aliphatic hydroxyl groups excluding tert-OH is 1. The van der Waals surface area contributed by atoms with Crippen LogP contribution in [-0.2, 0) is 15.8 Å². The summed E-state index contributed by atoms with van der Waals surface area (Å²) in [7, 11) is -3.45. The molecule has 21 heavy (non-hydrogen) atoms. The van der Waals surface area contributed by atoms with Gasteiger partial charge in [-0.25, -0.2) is 13.1 Å². The van der Waals surface area contributed by atoms with Crippen molar-refractivity contribution in [1.29, 1.82) is 0 Å². The number of benzene rings is 1. The molecule has 0 atom stereocenters. The maximum absolute atomic E-state index is 12.2.